The molecule has 0 bridgehead atoms. The molecule has 0 amide bonds. The molecule has 0 unspecified atom stereocenters. The molecule has 0 fully saturated rings. The van der Waals surface area contributed by atoms with E-state index in [0.717, 1.165) is 0 Å². The summed E-state index contributed by atoms with van der Waals surface area (Å²) in [5.41, 5.74) is 0. The Kier molecular flexibility index (Phi) is 10.5. The minimum atomic E-state index is -8.21. The maximum Gasteiger partial charge on any atom is 0.438 e. The summed E-state index contributed by atoms with van der Waals surface area (Å²) in [7, 11) is -3.90. The van der Waals surface area contributed by atoms with Gasteiger partial charge < -0.3 is 5.32 Å². The van der Waals surface area contributed by atoms with Crippen LogP contribution in [0, 0.1) is 0 Å². The Morgan fingerprint density at radius 2 is 0.909 bits per heavy atom. The largest absolute Gasteiger partial charge is 0.438 e. The van der Waals surface area contributed by atoms with Gasteiger partial charge in [-0.3, -0.25) is 4.55 Å². The molecule has 2 N–H and O–H groups in total. The van der Waals surface area contributed by atoms with Crippen LogP contribution in [0.1, 0.15) is 25.7 Å². The molecule has 0 saturated heterocycles. The van der Waals surface area contributed by atoms with Crippen LogP contribution in [0.4, 0.5) is 65.9 Å². The number of hydrogen-bond acceptors (Lipinski definition) is 3. The van der Waals surface area contributed by atoms with Crippen LogP contribution in [0.2, 0.25) is 0 Å². The highest BCUT2D eigenvalue weighted by molar-refractivity contribution is 7.87. The van der Waals surface area contributed by atoms with Crippen molar-refractivity contribution in [1.82, 2.24) is 5.32 Å². The van der Waals surface area contributed by atoms with Crippen LogP contribution in [-0.4, -0.2) is 68.1 Å². The first-order valence-electron chi connectivity index (χ1n) is 8.01. The summed E-state index contributed by atoms with van der Waals surface area (Å²) in [6.07, 6.45) is -12.7. The summed E-state index contributed by atoms with van der Waals surface area (Å²) in [4.78, 5) is 0. The number of unbranched alkanes of at least 4 members (excludes halogenated alkanes) is 1. The third-order valence-corrected chi connectivity index (χ3v) is 4.44. The molecule has 0 aromatic carbocycles. The predicted molar refractivity (Wildman–Crippen MR) is 80.7 cm³/mol. The van der Waals surface area contributed by atoms with Gasteiger partial charge in [-0.15, -0.1) is 0 Å². The van der Waals surface area contributed by atoms with Gasteiger partial charge in [-0.1, -0.05) is 0 Å². The Labute approximate surface area is 176 Å². The van der Waals surface area contributed by atoms with E-state index in [1.165, 1.54) is 0 Å². The second kappa shape index (κ2) is 10.2. The SMILES string of the molecule is CNC.O=S(=O)(O)C(F)(F)C(F)(F)C(F)(F)C(F)(F)C(F)(F)C(F)(F)CCCCC(F)(F)F. The Morgan fingerprint density at radius 3 is 1.21 bits per heavy atom. The van der Waals surface area contributed by atoms with E-state index in [0.29, 0.717) is 0 Å². The molecule has 0 saturated carbocycles. The normalized spacial score (nSPS) is 15.2. The van der Waals surface area contributed by atoms with E-state index in [1.54, 1.807) is 0 Å². The average Bonchev–Trinajstić information content (AvgIpc) is 2.56. The Morgan fingerprint density at radius 1 is 0.606 bits per heavy atom. The van der Waals surface area contributed by atoms with Gasteiger partial charge in [0.25, 0.3) is 0 Å². The van der Waals surface area contributed by atoms with Gasteiger partial charge in [0.2, 0.25) is 0 Å². The second-order valence-corrected chi connectivity index (χ2v) is 7.78. The molecule has 0 radical (unpaired) electrons. The van der Waals surface area contributed by atoms with Crippen LogP contribution in [0.5, 0.6) is 0 Å². The molecule has 0 spiro atoms. The molecule has 0 heterocycles. The Hall–Kier alpha value is -1.18. The van der Waals surface area contributed by atoms with Crippen LogP contribution in [0.15, 0.2) is 0 Å². The van der Waals surface area contributed by atoms with Gasteiger partial charge in [0, 0.05) is 12.8 Å². The van der Waals surface area contributed by atoms with Crippen LogP contribution < -0.4 is 5.32 Å². The molecule has 33 heavy (non-hydrogen) atoms. The maximum absolute atomic E-state index is 13.4. The lowest BCUT2D eigenvalue weighted by Crippen LogP contribution is -2.71. The highest BCUT2D eigenvalue weighted by Gasteiger charge is 2.91. The molecule has 202 valence electrons. The van der Waals surface area contributed by atoms with Gasteiger partial charge in [-0.05, 0) is 26.9 Å². The molecule has 0 aliphatic heterocycles. The van der Waals surface area contributed by atoms with Crippen molar-refractivity contribution in [3.8, 4) is 0 Å². The van der Waals surface area contributed by atoms with Crippen molar-refractivity contribution in [3.63, 3.8) is 0 Å². The molecule has 0 rings (SSSR count). The number of nitrogens with one attached hydrogen (secondary N) is 1. The summed E-state index contributed by atoms with van der Waals surface area (Å²) in [5.74, 6) is -38.4. The zero-order valence-electron chi connectivity index (χ0n) is 16.2. The topological polar surface area (TPSA) is 66.4 Å². The van der Waals surface area contributed by atoms with Crippen molar-refractivity contribution in [3.05, 3.63) is 0 Å². The summed E-state index contributed by atoms with van der Waals surface area (Å²) in [5, 5.41) is -4.79. The minimum absolute atomic E-state index is 1.41. The van der Waals surface area contributed by atoms with Crippen molar-refractivity contribution >= 4 is 10.1 Å². The lowest BCUT2D eigenvalue weighted by Gasteiger charge is -2.40. The fourth-order valence-electron chi connectivity index (χ4n) is 1.80. The first kappa shape index (κ1) is 34.0. The first-order chi connectivity index (χ1) is 14.1. The molecule has 0 aromatic heterocycles. The van der Waals surface area contributed by atoms with Gasteiger partial charge in [0.15, 0.2) is 0 Å². The fraction of sp³-hybridized carbons (Fsp3) is 1.00. The smallest absolute Gasteiger partial charge is 0.323 e. The molecule has 0 aromatic rings. The van der Waals surface area contributed by atoms with Crippen LogP contribution in [0.3, 0.4) is 0 Å². The summed E-state index contributed by atoms with van der Waals surface area (Å²) in [6, 6.07) is 0. The molecular weight excluding hydrogens is 535 g/mol. The maximum atomic E-state index is 13.4. The lowest BCUT2D eigenvalue weighted by atomic mass is 9.92. The number of alkyl halides is 15. The molecule has 0 aliphatic carbocycles. The van der Waals surface area contributed by atoms with Gasteiger partial charge in [-0.2, -0.15) is 74.3 Å². The van der Waals surface area contributed by atoms with E-state index in [1.807, 2.05) is 14.1 Å². The molecule has 4 nitrogen and oxygen atoms in total. The van der Waals surface area contributed by atoms with E-state index in [4.69, 9.17) is 4.55 Å². The molecule has 20 heteroatoms. The Bertz CT molecular complexity index is 734. The summed E-state index contributed by atoms with van der Waals surface area (Å²) >= 11 is 0. The minimum Gasteiger partial charge on any atom is -0.323 e. The molecule has 0 atom stereocenters. The number of rotatable bonds is 10. The lowest BCUT2D eigenvalue weighted by molar-refractivity contribution is -0.417. The standard InChI is InChI=1S/C11H9F15O3S.C2H7N/c12-5(13,3-1-2-4-6(14,15)16)7(17,18)8(19,20)9(21,22)10(23,24)11(25,26)30(27,28)29;1-3-2/h1-4H2,(H,27,28,29);3H,1-2H3. The second-order valence-electron chi connectivity index (χ2n) is 6.32. The molecular formula is C13H16F15NO3S. The van der Waals surface area contributed by atoms with Gasteiger partial charge >= 0.3 is 51.2 Å². The number of hydrogen-bond donors (Lipinski definition) is 2. The van der Waals surface area contributed by atoms with Crippen LogP contribution in [-0.2, 0) is 10.1 Å². The van der Waals surface area contributed by atoms with Gasteiger partial charge in [0.05, 0.1) is 0 Å². The third kappa shape index (κ3) is 6.70. The predicted octanol–water partition coefficient (Wildman–Crippen LogP) is 5.60. The van der Waals surface area contributed by atoms with Crippen molar-refractivity contribution in [2.24, 2.45) is 0 Å². The van der Waals surface area contributed by atoms with Gasteiger partial charge in [-0.25, -0.2) is 0 Å². The van der Waals surface area contributed by atoms with E-state index >= 15 is 0 Å². The quantitative estimate of drug-likeness (QED) is 0.211. The van der Waals surface area contributed by atoms with Crippen LogP contribution in [0.25, 0.3) is 0 Å². The van der Waals surface area contributed by atoms with Crippen molar-refractivity contribution < 1.29 is 78.8 Å². The molecule has 0 aliphatic rings. The van der Waals surface area contributed by atoms with E-state index < -0.39 is 76.8 Å². The van der Waals surface area contributed by atoms with E-state index in [-0.39, 0.29) is 0 Å². The highest BCUT2D eigenvalue weighted by atomic mass is 32.2. The van der Waals surface area contributed by atoms with Gasteiger partial charge in [0.1, 0.15) is 0 Å². The number of halogens is 15. The Balaban J connectivity index is 0. The summed E-state index contributed by atoms with van der Waals surface area (Å²) in [6.45, 7) is 0. The van der Waals surface area contributed by atoms with Crippen LogP contribution >= 0.6 is 0 Å². The van der Waals surface area contributed by atoms with Crippen molar-refractivity contribution in [2.45, 2.75) is 66.7 Å². The zero-order valence-corrected chi connectivity index (χ0v) is 17.0. The van der Waals surface area contributed by atoms with Crippen molar-refractivity contribution in [1.29, 1.82) is 0 Å². The summed E-state index contributed by atoms with van der Waals surface area (Å²) < 4.78 is 222. The van der Waals surface area contributed by atoms with Crippen molar-refractivity contribution in [2.75, 3.05) is 14.1 Å². The van der Waals surface area contributed by atoms with E-state index in [9.17, 15) is 74.3 Å². The monoisotopic (exact) mass is 551 g/mol. The average molecular weight is 551 g/mol. The third-order valence-electron chi connectivity index (χ3n) is 3.53. The van der Waals surface area contributed by atoms with E-state index in [2.05, 4.69) is 5.32 Å². The zero-order chi connectivity index (χ0) is 27.5. The highest BCUT2D eigenvalue weighted by Crippen LogP contribution is 2.61. The first-order valence-corrected chi connectivity index (χ1v) is 9.45. The fourth-order valence-corrected chi connectivity index (χ4v) is 2.25.